The lowest BCUT2D eigenvalue weighted by molar-refractivity contribution is 0.454. The van der Waals surface area contributed by atoms with Crippen molar-refractivity contribution in [3.05, 3.63) is 41.2 Å². The van der Waals surface area contributed by atoms with Crippen molar-refractivity contribution in [1.29, 1.82) is 0 Å². The Balaban J connectivity index is 2.34. The van der Waals surface area contributed by atoms with Gasteiger partial charge in [-0.3, -0.25) is 0 Å². The summed E-state index contributed by atoms with van der Waals surface area (Å²) in [5.41, 5.74) is 7.91. The van der Waals surface area contributed by atoms with Crippen LogP contribution in [0.1, 0.15) is 43.6 Å². The van der Waals surface area contributed by atoms with E-state index in [4.69, 9.17) is 10.5 Å². The van der Waals surface area contributed by atoms with Gasteiger partial charge in [0.2, 0.25) is 5.88 Å². The highest BCUT2D eigenvalue weighted by atomic mass is 16.5. The lowest BCUT2D eigenvalue weighted by Gasteiger charge is -2.12. The van der Waals surface area contributed by atoms with E-state index in [0.717, 1.165) is 17.7 Å². The molecule has 0 aliphatic rings. The van der Waals surface area contributed by atoms with Crippen molar-refractivity contribution < 1.29 is 4.74 Å². The predicted molar refractivity (Wildman–Crippen MR) is 81.2 cm³/mol. The smallest absolute Gasteiger partial charge is 0.227 e. The molecule has 0 amide bonds. The Morgan fingerprint density at radius 3 is 2.65 bits per heavy atom. The van der Waals surface area contributed by atoms with Gasteiger partial charge in [-0.15, -0.1) is 0 Å². The Hall–Kier alpha value is -2.10. The Kier molecular flexibility index (Phi) is 4.23. The fourth-order valence-electron chi connectivity index (χ4n) is 1.86. The molecule has 0 spiro atoms. The number of nitrogens with two attached hydrogens (primary N) is 1. The lowest BCUT2D eigenvalue weighted by atomic mass is 10.0. The molecule has 2 N–H and O–H groups in total. The van der Waals surface area contributed by atoms with Crippen LogP contribution in [0.15, 0.2) is 24.3 Å². The molecule has 0 bridgehead atoms. The van der Waals surface area contributed by atoms with Crippen LogP contribution in [0.4, 0.5) is 5.82 Å². The van der Waals surface area contributed by atoms with Gasteiger partial charge in [0.15, 0.2) is 0 Å². The van der Waals surface area contributed by atoms with Gasteiger partial charge in [-0.2, -0.15) is 4.98 Å². The largest absolute Gasteiger partial charge is 0.439 e. The first-order valence-corrected chi connectivity index (χ1v) is 6.92. The molecule has 1 aromatic carbocycles. The monoisotopic (exact) mass is 271 g/mol. The normalized spacial score (nSPS) is 10.8. The quantitative estimate of drug-likeness (QED) is 0.917. The zero-order valence-corrected chi connectivity index (χ0v) is 12.5. The molecule has 20 heavy (non-hydrogen) atoms. The third-order valence-corrected chi connectivity index (χ3v) is 3.24. The van der Waals surface area contributed by atoms with Gasteiger partial charge in [-0.1, -0.05) is 32.9 Å². The fourth-order valence-corrected chi connectivity index (χ4v) is 1.86. The van der Waals surface area contributed by atoms with E-state index in [1.165, 1.54) is 5.56 Å². The molecule has 0 fully saturated rings. The summed E-state index contributed by atoms with van der Waals surface area (Å²) in [5.74, 6) is 2.95. The topological polar surface area (TPSA) is 61.0 Å². The van der Waals surface area contributed by atoms with Gasteiger partial charge >= 0.3 is 0 Å². The van der Waals surface area contributed by atoms with Gasteiger partial charge in [0, 0.05) is 6.42 Å². The van der Waals surface area contributed by atoms with Gasteiger partial charge in [0.05, 0.1) is 5.56 Å². The van der Waals surface area contributed by atoms with Gasteiger partial charge in [-0.05, 0) is 30.5 Å². The predicted octanol–water partition coefficient (Wildman–Crippen LogP) is 3.85. The molecule has 2 aromatic rings. The van der Waals surface area contributed by atoms with Crippen molar-refractivity contribution in [3.8, 4) is 11.6 Å². The minimum absolute atomic E-state index is 0.460. The first kappa shape index (κ1) is 14.3. The van der Waals surface area contributed by atoms with E-state index in [2.05, 4.69) is 29.9 Å². The Morgan fingerprint density at radius 2 is 2.00 bits per heavy atom. The summed E-state index contributed by atoms with van der Waals surface area (Å²) in [6.07, 6.45) is 0.729. The van der Waals surface area contributed by atoms with Crippen LogP contribution in [0.2, 0.25) is 0 Å². The molecular formula is C16H21N3O. The standard InChI is InChI=1S/C16H21N3O/c1-5-14-18-15(17)11(4)16(19-14)20-13-8-6-7-12(9-13)10(2)3/h6-10H,5H2,1-4H3,(H2,17,18,19). The number of benzene rings is 1. The van der Waals surface area contributed by atoms with E-state index in [1.54, 1.807) is 0 Å². The maximum atomic E-state index is 5.90. The first-order valence-electron chi connectivity index (χ1n) is 6.92. The number of aryl methyl sites for hydroxylation is 1. The van der Waals surface area contributed by atoms with Gasteiger partial charge in [-0.25, -0.2) is 4.98 Å². The SMILES string of the molecule is CCc1nc(N)c(C)c(Oc2cccc(C(C)C)c2)n1. The highest BCUT2D eigenvalue weighted by Gasteiger charge is 2.10. The van der Waals surface area contributed by atoms with Crippen LogP contribution in [0, 0.1) is 6.92 Å². The number of hydrogen-bond donors (Lipinski definition) is 1. The summed E-state index contributed by atoms with van der Waals surface area (Å²) >= 11 is 0. The van der Waals surface area contributed by atoms with Crippen LogP contribution < -0.4 is 10.5 Å². The van der Waals surface area contributed by atoms with Gasteiger partial charge in [0.25, 0.3) is 0 Å². The molecule has 0 aliphatic carbocycles. The molecule has 0 saturated carbocycles. The molecular weight excluding hydrogens is 250 g/mol. The Morgan fingerprint density at radius 1 is 1.25 bits per heavy atom. The third kappa shape index (κ3) is 3.07. The molecule has 106 valence electrons. The molecule has 1 heterocycles. The van der Waals surface area contributed by atoms with E-state index >= 15 is 0 Å². The summed E-state index contributed by atoms with van der Waals surface area (Å²) in [4.78, 5) is 8.63. The van der Waals surface area contributed by atoms with Crippen molar-refractivity contribution in [2.75, 3.05) is 5.73 Å². The van der Waals surface area contributed by atoms with Crippen LogP contribution in [-0.2, 0) is 6.42 Å². The summed E-state index contributed by atoms with van der Waals surface area (Å²) in [6, 6.07) is 8.05. The van der Waals surface area contributed by atoms with E-state index in [1.807, 2.05) is 32.0 Å². The van der Waals surface area contributed by atoms with Crippen LogP contribution >= 0.6 is 0 Å². The first-order chi connectivity index (χ1) is 9.51. The molecule has 0 saturated heterocycles. The molecule has 0 atom stereocenters. The van der Waals surface area contributed by atoms with Crippen LogP contribution in [-0.4, -0.2) is 9.97 Å². The maximum Gasteiger partial charge on any atom is 0.227 e. The molecule has 2 rings (SSSR count). The number of ether oxygens (including phenoxy) is 1. The van der Waals surface area contributed by atoms with Crippen molar-refractivity contribution in [1.82, 2.24) is 9.97 Å². The average molecular weight is 271 g/mol. The number of hydrogen-bond acceptors (Lipinski definition) is 4. The van der Waals surface area contributed by atoms with Crippen LogP contribution in [0.3, 0.4) is 0 Å². The van der Waals surface area contributed by atoms with Crippen molar-refractivity contribution in [2.24, 2.45) is 0 Å². The second-order valence-corrected chi connectivity index (χ2v) is 5.14. The fraction of sp³-hybridized carbons (Fsp3) is 0.375. The number of nitrogen functional groups attached to an aromatic ring is 1. The van der Waals surface area contributed by atoms with E-state index < -0.39 is 0 Å². The number of anilines is 1. The second-order valence-electron chi connectivity index (χ2n) is 5.14. The lowest BCUT2D eigenvalue weighted by Crippen LogP contribution is -2.04. The van der Waals surface area contributed by atoms with E-state index in [9.17, 15) is 0 Å². The average Bonchev–Trinajstić information content (AvgIpc) is 2.43. The highest BCUT2D eigenvalue weighted by Crippen LogP contribution is 2.28. The van der Waals surface area contributed by atoms with E-state index in [-0.39, 0.29) is 0 Å². The van der Waals surface area contributed by atoms with Crippen LogP contribution in [0.25, 0.3) is 0 Å². The van der Waals surface area contributed by atoms with Gasteiger partial charge in [0.1, 0.15) is 17.4 Å². The zero-order chi connectivity index (χ0) is 14.7. The van der Waals surface area contributed by atoms with Crippen molar-refractivity contribution in [3.63, 3.8) is 0 Å². The molecule has 0 unspecified atom stereocenters. The zero-order valence-electron chi connectivity index (χ0n) is 12.5. The number of nitrogens with zero attached hydrogens (tertiary/aromatic N) is 2. The maximum absolute atomic E-state index is 5.90. The Bertz CT molecular complexity index is 609. The Labute approximate surface area is 120 Å². The molecule has 1 aromatic heterocycles. The van der Waals surface area contributed by atoms with Crippen molar-refractivity contribution >= 4 is 5.82 Å². The molecule has 0 radical (unpaired) electrons. The van der Waals surface area contributed by atoms with Crippen molar-refractivity contribution in [2.45, 2.75) is 40.0 Å². The van der Waals surface area contributed by atoms with E-state index in [0.29, 0.717) is 23.4 Å². The number of rotatable bonds is 4. The number of aromatic nitrogens is 2. The van der Waals surface area contributed by atoms with Crippen LogP contribution in [0.5, 0.6) is 11.6 Å². The second kappa shape index (κ2) is 5.90. The highest BCUT2D eigenvalue weighted by molar-refractivity contribution is 5.46. The minimum atomic E-state index is 0.460. The molecule has 4 heteroatoms. The third-order valence-electron chi connectivity index (χ3n) is 3.24. The molecule has 4 nitrogen and oxygen atoms in total. The molecule has 0 aliphatic heterocycles. The summed E-state index contributed by atoms with van der Waals surface area (Å²) in [6.45, 7) is 8.17. The minimum Gasteiger partial charge on any atom is -0.439 e. The summed E-state index contributed by atoms with van der Waals surface area (Å²) < 4.78 is 5.89. The van der Waals surface area contributed by atoms with Gasteiger partial charge < -0.3 is 10.5 Å². The summed E-state index contributed by atoms with van der Waals surface area (Å²) in [5, 5.41) is 0. The summed E-state index contributed by atoms with van der Waals surface area (Å²) in [7, 11) is 0.